The molecule has 3 rings (SSSR count). The highest BCUT2D eigenvalue weighted by Crippen LogP contribution is 2.29. The summed E-state index contributed by atoms with van der Waals surface area (Å²) < 4.78 is 6.39. The number of nitrogens with zero attached hydrogens (tertiary/aromatic N) is 2. The van der Waals surface area contributed by atoms with Crippen molar-refractivity contribution >= 4 is 67.4 Å². The molecule has 1 fully saturated rings. The molecule has 2 N–H and O–H groups in total. The highest BCUT2D eigenvalue weighted by molar-refractivity contribution is 9.11. The van der Waals surface area contributed by atoms with E-state index in [2.05, 4.69) is 26.3 Å². The molecule has 0 radical (unpaired) electrons. The molecule has 2 amide bonds. The van der Waals surface area contributed by atoms with Crippen molar-refractivity contribution in [2.24, 2.45) is 5.10 Å². The van der Waals surface area contributed by atoms with Gasteiger partial charge in [0.15, 0.2) is 5.17 Å². The Bertz CT molecular complexity index is 958. The zero-order chi connectivity index (χ0) is 21.0. The molecule has 10 heteroatoms. The lowest BCUT2D eigenvalue weighted by Gasteiger charge is -2.27. The van der Waals surface area contributed by atoms with Crippen molar-refractivity contribution in [3.8, 4) is 5.75 Å². The molecule has 0 bridgehead atoms. The summed E-state index contributed by atoms with van der Waals surface area (Å²) in [6.07, 6.45) is -0.0328. The molecule has 1 aromatic heterocycles. The molecule has 1 aliphatic heterocycles. The molecule has 0 saturated carbocycles. The van der Waals surface area contributed by atoms with Gasteiger partial charge in [0.25, 0.3) is 5.91 Å². The maximum Gasteiger partial charge on any atom is 0.250 e. The molecule has 152 valence electrons. The van der Waals surface area contributed by atoms with Gasteiger partial charge in [-0.25, -0.2) is 0 Å². The van der Waals surface area contributed by atoms with Gasteiger partial charge in [0.05, 0.1) is 27.4 Å². The Morgan fingerprint density at radius 1 is 1.41 bits per heavy atom. The number of carbonyl (C=O) groups excluding carboxylic acids is 2. The summed E-state index contributed by atoms with van der Waals surface area (Å²) in [6.45, 7) is 4.20. The summed E-state index contributed by atoms with van der Waals surface area (Å²) >= 11 is 5.91. The second kappa shape index (κ2) is 9.55. The lowest BCUT2D eigenvalue weighted by atomic mass is 10.2. The van der Waals surface area contributed by atoms with E-state index >= 15 is 0 Å². The van der Waals surface area contributed by atoms with E-state index in [1.807, 2.05) is 19.1 Å². The molecule has 0 spiro atoms. The van der Waals surface area contributed by atoms with Crippen LogP contribution in [0.1, 0.15) is 25.1 Å². The van der Waals surface area contributed by atoms with Crippen LogP contribution in [-0.2, 0) is 9.59 Å². The summed E-state index contributed by atoms with van der Waals surface area (Å²) in [4.78, 5) is 26.0. The van der Waals surface area contributed by atoms with Gasteiger partial charge >= 0.3 is 0 Å². The number of rotatable bonds is 6. The summed E-state index contributed by atoms with van der Waals surface area (Å²) in [5.41, 5.74) is 1.22. The first-order chi connectivity index (χ1) is 13.9. The predicted molar refractivity (Wildman–Crippen MR) is 121 cm³/mol. The van der Waals surface area contributed by atoms with Crippen LogP contribution in [0.15, 0.2) is 45.3 Å². The highest BCUT2D eigenvalue weighted by Gasteiger charge is 2.35. The van der Waals surface area contributed by atoms with E-state index in [9.17, 15) is 9.59 Å². The number of hydrogen-bond acceptors (Lipinski definition) is 7. The zero-order valence-electron chi connectivity index (χ0n) is 15.8. The Hall–Kier alpha value is -2.17. The zero-order valence-corrected chi connectivity index (χ0v) is 19.0. The van der Waals surface area contributed by atoms with Gasteiger partial charge in [-0.2, -0.15) is 10.1 Å². The van der Waals surface area contributed by atoms with Crippen LogP contribution in [0.4, 0.5) is 5.69 Å². The van der Waals surface area contributed by atoms with Crippen LogP contribution >= 0.6 is 39.0 Å². The van der Waals surface area contributed by atoms with Crippen LogP contribution in [-0.4, -0.2) is 39.6 Å². The number of thioether (sulfide) groups is 1. The summed E-state index contributed by atoms with van der Waals surface area (Å²) in [7, 11) is 0. The van der Waals surface area contributed by atoms with Crippen LogP contribution in [0.25, 0.3) is 0 Å². The van der Waals surface area contributed by atoms with Crippen LogP contribution in [0.5, 0.6) is 5.75 Å². The number of hydrazone groups is 1. The van der Waals surface area contributed by atoms with Crippen molar-refractivity contribution in [2.75, 3.05) is 11.9 Å². The highest BCUT2D eigenvalue weighted by atomic mass is 79.9. The normalized spacial score (nSPS) is 17.4. The van der Waals surface area contributed by atoms with Gasteiger partial charge in [-0.3, -0.25) is 15.0 Å². The van der Waals surface area contributed by atoms with E-state index < -0.39 is 5.25 Å². The third-order valence-corrected chi connectivity index (χ3v) is 6.72. The van der Waals surface area contributed by atoms with E-state index in [-0.39, 0.29) is 23.4 Å². The van der Waals surface area contributed by atoms with Crippen LogP contribution in [0.2, 0.25) is 0 Å². The molecule has 29 heavy (non-hydrogen) atoms. The molecular formula is C19H19BrN4O3S2. The van der Waals surface area contributed by atoms with E-state index in [0.717, 1.165) is 25.4 Å². The van der Waals surface area contributed by atoms with Crippen LogP contribution < -0.4 is 10.1 Å². The van der Waals surface area contributed by atoms with Crippen molar-refractivity contribution in [3.63, 3.8) is 0 Å². The Morgan fingerprint density at radius 3 is 2.86 bits per heavy atom. The van der Waals surface area contributed by atoms with Gasteiger partial charge in [0, 0.05) is 11.8 Å². The fourth-order valence-corrected chi connectivity index (χ4v) is 4.82. The Labute approximate surface area is 185 Å². The summed E-state index contributed by atoms with van der Waals surface area (Å²) in [6, 6.07) is 10.9. The van der Waals surface area contributed by atoms with Crippen LogP contribution in [0.3, 0.4) is 0 Å². The number of anilines is 1. The van der Waals surface area contributed by atoms with Crippen molar-refractivity contribution in [1.82, 2.24) is 5.01 Å². The molecule has 0 aliphatic carbocycles. The second-order valence-electron chi connectivity index (χ2n) is 6.06. The van der Waals surface area contributed by atoms with Gasteiger partial charge in [-0.1, -0.05) is 17.8 Å². The average molecular weight is 495 g/mol. The molecular weight excluding hydrogens is 476 g/mol. The summed E-state index contributed by atoms with van der Waals surface area (Å²) in [5.74, 6) is -0.0576. The van der Waals surface area contributed by atoms with E-state index in [1.165, 1.54) is 11.3 Å². The second-order valence-corrected chi connectivity index (χ2v) is 9.72. The number of amidine groups is 1. The first-order valence-corrected chi connectivity index (χ1v) is 11.3. The largest absolute Gasteiger partial charge is 0.494 e. The summed E-state index contributed by atoms with van der Waals surface area (Å²) in [5, 5.41) is 15.6. The lowest BCUT2D eigenvalue weighted by Crippen LogP contribution is -2.42. The molecule has 1 aromatic carbocycles. The minimum atomic E-state index is -0.687. The third kappa shape index (κ3) is 5.46. The van der Waals surface area contributed by atoms with Gasteiger partial charge in [0.2, 0.25) is 5.91 Å². The maximum absolute atomic E-state index is 12.6. The molecule has 2 aromatic rings. The standard InChI is InChI=1S/C19H19BrN4O3S2/c1-3-27-13-6-4-5-12(9-13)22-18(26)15-10-17(25)24(19(21)29-15)23-11(2)14-7-8-16(20)28-14/h4-9,15,21H,3,10H2,1-2H3,(H,22,26)/t15-/m1/s1. The minimum absolute atomic E-state index is 0.0328. The van der Waals surface area contributed by atoms with Crippen molar-refractivity contribution < 1.29 is 14.3 Å². The van der Waals surface area contributed by atoms with Crippen molar-refractivity contribution in [1.29, 1.82) is 5.41 Å². The van der Waals surface area contributed by atoms with Crippen molar-refractivity contribution in [3.05, 3.63) is 45.1 Å². The lowest BCUT2D eigenvalue weighted by molar-refractivity contribution is -0.129. The van der Waals surface area contributed by atoms with E-state index in [4.69, 9.17) is 10.1 Å². The number of carbonyl (C=O) groups is 2. The number of halogens is 1. The molecule has 1 aliphatic rings. The van der Waals surface area contributed by atoms with Gasteiger partial charge < -0.3 is 10.1 Å². The van der Waals surface area contributed by atoms with Gasteiger partial charge in [-0.15, -0.1) is 11.3 Å². The first-order valence-electron chi connectivity index (χ1n) is 8.80. The number of nitrogens with one attached hydrogen (secondary N) is 2. The molecule has 7 nitrogen and oxygen atoms in total. The minimum Gasteiger partial charge on any atom is -0.494 e. The SMILES string of the molecule is CCOc1cccc(NC(=O)[C@H]2CC(=O)N(N=C(C)c3ccc(Br)s3)C(=N)S2)c1. The smallest absolute Gasteiger partial charge is 0.250 e. The van der Waals surface area contributed by atoms with E-state index in [1.54, 1.807) is 31.2 Å². The fourth-order valence-electron chi connectivity index (χ4n) is 2.59. The topological polar surface area (TPSA) is 94.8 Å². The Balaban J connectivity index is 1.66. The number of ether oxygens (including phenoxy) is 1. The molecule has 2 heterocycles. The predicted octanol–water partition coefficient (Wildman–Crippen LogP) is 4.54. The Morgan fingerprint density at radius 2 is 2.21 bits per heavy atom. The molecule has 1 atom stereocenters. The van der Waals surface area contributed by atoms with Crippen LogP contribution in [0, 0.1) is 5.41 Å². The third-order valence-electron chi connectivity index (χ3n) is 3.93. The number of amides is 2. The van der Waals surface area contributed by atoms with Gasteiger partial charge in [-0.05, 0) is 54.0 Å². The average Bonchev–Trinajstić information content (AvgIpc) is 3.11. The maximum atomic E-state index is 12.6. The fraction of sp³-hybridized carbons (Fsp3) is 0.263. The van der Waals surface area contributed by atoms with Gasteiger partial charge in [0.1, 0.15) is 11.0 Å². The quantitative estimate of drug-likeness (QED) is 0.576. The Kier molecular flexibility index (Phi) is 7.09. The first kappa shape index (κ1) is 21.5. The number of thiophene rings is 1. The number of hydrogen-bond donors (Lipinski definition) is 2. The monoisotopic (exact) mass is 494 g/mol. The molecule has 0 unspecified atom stereocenters. The van der Waals surface area contributed by atoms with Crippen molar-refractivity contribution in [2.45, 2.75) is 25.5 Å². The molecule has 1 saturated heterocycles. The van der Waals surface area contributed by atoms with E-state index in [0.29, 0.717) is 23.8 Å². The number of benzene rings is 1.